The lowest BCUT2D eigenvalue weighted by atomic mass is 10.1. The molecule has 1 heterocycles. The van der Waals surface area contributed by atoms with Gasteiger partial charge < -0.3 is 14.8 Å². The SMILES string of the molecule is CC(C)NCc1ccc(OCC2CCOC2)c([N+](=O)[O-])c1. The number of nitro groups is 1. The third-order valence-electron chi connectivity index (χ3n) is 3.43. The molecule has 0 saturated carbocycles. The number of nitro benzene ring substituents is 1. The van der Waals surface area contributed by atoms with E-state index in [9.17, 15) is 10.1 Å². The van der Waals surface area contributed by atoms with Crippen LogP contribution in [0, 0.1) is 16.0 Å². The molecule has 2 rings (SSSR count). The van der Waals surface area contributed by atoms with E-state index in [1.54, 1.807) is 12.1 Å². The zero-order valence-electron chi connectivity index (χ0n) is 12.5. The molecule has 1 atom stereocenters. The number of nitrogens with zero attached hydrogens (tertiary/aromatic N) is 1. The van der Waals surface area contributed by atoms with Crippen LogP contribution in [0.2, 0.25) is 0 Å². The molecule has 1 N–H and O–H groups in total. The molecule has 1 saturated heterocycles. The lowest BCUT2D eigenvalue weighted by Gasteiger charge is -2.12. The quantitative estimate of drug-likeness (QED) is 0.618. The zero-order valence-corrected chi connectivity index (χ0v) is 12.5. The highest BCUT2D eigenvalue weighted by molar-refractivity contribution is 5.48. The highest BCUT2D eigenvalue weighted by atomic mass is 16.6. The standard InChI is InChI=1S/C15H22N2O4/c1-11(2)16-8-12-3-4-15(14(7-12)17(18)19)21-10-13-5-6-20-9-13/h3-4,7,11,13,16H,5-6,8-10H2,1-2H3. The van der Waals surface area contributed by atoms with E-state index in [0.717, 1.165) is 18.6 Å². The number of rotatable bonds is 7. The minimum Gasteiger partial charge on any atom is -0.486 e. The van der Waals surface area contributed by atoms with Crippen LogP contribution in [0.15, 0.2) is 18.2 Å². The largest absolute Gasteiger partial charge is 0.486 e. The van der Waals surface area contributed by atoms with Gasteiger partial charge in [0.15, 0.2) is 5.75 Å². The second-order valence-electron chi connectivity index (χ2n) is 5.64. The first-order chi connectivity index (χ1) is 10.1. The normalized spacial score (nSPS) is 18.1. The summed E-state index contributed by atoms with van der Waals surface area (Å²) in [4.78, 5) is 10.8. The van der Waals surface area contributed by atoms with Gasteiger partial charge in [0.1, 0.15) is 0 Å². The molecule has 1 unspecified atom stereocenters. The zero-order chi connectivity index (χ0) is 15.2. The van der Waals surface area contributed by atoms with Crippen LogP contribution in [0.3, 0.4) is 0 Å². The summed E-state index contributed by atoms with van der Waals surface area (Å²) in [5.74, 6) is 0.659. The lowest BCUT2D eigenvalue weighted by Crippen LogP contribution is -2.21. The summed E-state index contributed by atoms with van der Waals surface area (Å²) in [5.41, 5.74) is 0.906. The van der Waals surface area contributed by atoms with E-state index < -0.39 is 0 Å². The molecule has 1 aliphatic heterocycles. The van der Waals surface area contributed by atoms with Gasteiger partial charge in [0.2, 0.25) is 0 Å². The number of hydrogen-bond acceptors (Lipinski definition) is 5. The molecule has 0 radical (unpaired) electrons. The van der Waals surface area contributed by atoms with E-state index in [2.05, 4.69) is 5.32 Å². The third kappa shape index (κ3) is 4.68. The van der Waals surface area contributed by atoms with Crippen molar-refractivity contribution >= 4 is 5.69 Å². The van der Waals surface area contributed by atoms with Crippen molar-refractivity contribution in [3.8, 4) is 5.75 Å². The van der Waals surface area contributed by atoms with Crippen LogP contribution in [0.5, 0.6) is 5.75 Å². The van der Waals surface area contributed by atoms with Crippen LogP contribution < -0.4 is 10.1 Å². The van der Waals surface area contributed by atoms with E-state index in [0.29, 0.717) is 37.5 Å². The van der Waals surface area contributed by atoms with Gasteiger partial charge in [-0.1, -0.05) is 19.9 Å². The molecule has 6 heteroatoms. The van der Waals surface area contributed by atoms with Crippen LogP contribution in [-0.4, -0.2) is 30.8 Å². The van der Waals surface area contributed by atoms with Gasteiger partial charge in [-0.25, -0.2) is 0 Å². The molecule has 1 aromatic rings. The van der Waals surface area contributed by atoms with Crippen LogP contribution in [0.4, 0.5) is 5.69 Å². The number of benzene rings is 1. The van der Waals surface area contributed by atoms with Gasteiger partial charge in [0.05, 0.1) is 18.1 Å². The van der Waals surface area contributed by atoms with Crippen molar-refractivity contribution in [3.63, 3.8) is 0 Å². The molecule has 0 amide bonds. The van der Waals surface area contributed by atoms with E-state index in [-0.39, 0.29) is 10.6 Å². The Kier molecular flexibility index (Phi) is 5.52. The highest BCUT2D eigenvalue weighted by Gasteiger charge is 2.20. The molecule has 0 aromatic heterocycles. The van der Waals surface area contributed by atoms with Gasteiger partial charge in [-0.2, -0.15) is 0 Å². The van der Waals surface area contributed by atoms with Gasteiger partial charge in [0, 0.05) is 31.2 Å². The van der Waals surface area contributed by atoms with Crippen molar-refractivity contribution in [2.24, 2.45) is 5.92 Å². The molecule has 116 valence electrons. The predicted molar refractivity (Wildman–Crippen MR) is 79.5 cm³/mol. The minimum atomic E-state index is -0.390. The Hall–Kier alpha value is -1.66. The Bertz CT molecular complexity index is 485. The minimum absolute atomic E-state index is 0.0250. The number of ether oxygens (including phenoxy) is 2. The van der Waals surface area contributed by atoms with Crippen molar-refractivity contribution in [1.82, 2.24) is 5.32 Å². The maximum Gasteiger partial charge on any atom is 0.311 e. The maximum atomic E-state index is 11.2. The summed E-state index contributed by atoms with van der Waals surface area (Å²) in [7, 11) is 0. The summed E-state index contributed by atoms with van der Waals surface area (Å²) in [6.45, 7) is 6.56. The fourth-order valence-electron chi connectivity index (χ4n) is 2.18. The van der Waals surface area contributed by atoms with Crippen LogP contribution in [0.25, 0.3) is 0 Å². The van der Waals surface area contributed by atoms with Gasteiger partial charge in [0.25, 0.3) is 0 Å². The average molecular weight is 294 g/mol. The second-order valence-corrected chi connectivity index (χ2v) is 5.64. The topological polar surface area (TPSA) is 73.6 Å². The van der Waals surface area contributed by atoms with Crippen LogP contribution in [0.1, 0.15) is 25.8 Å². The Balaban J connectivity index is 2.03. The summed E-state index contributed by atoms with van der Waals surface area (Å²) < 4.78 is 10.9. The van der Waals surface area contributed by atoms with E-state index in [1.807, 2.05) is 19.9 Å². The van der Waals surface area contributed by atoms with Gasteiger partial charge in [-0.05, 0) is 18.1 Å². The summed E-state index contributed by atoms with van der Waals surface area (Å²) in [6.07, 6.45) is 0.949. The Morgan fingerprint density at radius 1 is 1.52 bits per heavy atom. The molecule has 1 fully saturated rings. The van der Waals surface area contributed by atoms with Crippen molar-refractivity contribution in [2.45, 2.75) is 32.9 Å². The van der Waals surface area contributed by atoms with Crippen molar-refractivity contribution < 1.29 is 14.4 Å². The first-order valence-corrected chi connectivity index (χ1v) is 7.27. The molecule has 0 aliphatic carbocycles. The molecule has 1 aromatic carbocycles. The fraction of sp³-hybridized carbons (Fsp3) is 0.600. The van der Waals surface area contributed by atoms with Gasteiger partial charge >= 0.3 is 5.69 Å². The summed E-state index contributed by atoms with van der Waals surface area (Å²) >= 11 is 0. The molecule has 21 heavy (non-hydrogen) atoms. The molecule has 0 spiro atoms. The first kappa shape index (κ1) is 15.7. The number of hydrogen-bond donors (Lipinski definition) is 1. The highest BCUT2D eigenvalue weighted by Crippen LogP contribution is 2.29. The second kappa shape index (κ2) is 7.38. The predicted octanol–water partition coefficient (Wildman–Crippen LogP) is 2.51. The maximum absolute atomic E-state index is 11.2. The average Bonchev–Trinajstić information content (AvgIpc) is 2.96. The van der Waals surface area contributed by atoms with E-state index in [4.69, 9.17) is 9.47 Å². The van der Waals surface area contributed by atoms with E-state index in [1.165, 1.54) is 0 Å². The monoisotopic (exact) mass is 294 g/mol. The molecular formula is C15H22N2O4. The molecule has 6 nitrogen and oxygen atoms in total. The Morgan fingerprint density at radius 3 is 2.95 bits per heavy atom. The number of nitrogens with one attached hydrogen (secondary N) is 1. The van der Waals surface area contributed by atoms with Crippen LogP contribution >= 0.6 is 0 Å². The van der Waals surface area contributed by atoms with Crippen molar-refractivity contribution in [3.05, 3.63) is 33.9 Å². The Labute approximate surface area is 124 Å². The van der Waals surface area contributed by atoms with Crippen molar-refractivity contribution in [2.75, 3.05) is 19.8 Å². The molecule has 0 bridgehead atoms. The first-order valence-electron chi connectivity index (χ1n) is 7.27. The fourth-order valence-corrected chi connectivity index (χ4v) is 2.18. The Morgan fingerprint density at radius 2 is 2.33 bits per heavy atom. The van der Waals surface area contributed by atoms with Crippen LogP contribution in [-0.2, 0) is 11.3 Å². The summed E-state index contributed by atoms with van der Waals surface area (Å²) in [5, 5.41) is 14.4. The smallest absolute Gasteiger partial charge is 0.311 e. The molecular weight excluding hydrogens is 272 g/mol. The molecule has 1 aliphatic rings. The van der Waals surface area contributed by atoms with Gasteiger partial charge in [-0.3, -0.25) is 10.1 Å². The third-order valence-corrected chi connectivity index (χ3v) is 3.43. The summed E-state index contributed by atoms with van der Waals surface area (Å²) in [6, 6.07) is 5.46. The lowest BCUT2D eigenvalue weighted by molar-refractivity contribution is -0.386. The van der Waals surface area contributed by atoms with Crippen molar-refractivity contribution in [1.29, 1.82) is 0 Å². The van der Waals surface area contributed by atoms with E-state index >= 15 is 0 Å². The van der Waals surface area contributed by atoms with Gasteiger partial charge in [-0.15, -0.1) is 0 Å².